The molecule has 2 amide bonds. The van der Waals surface area contributed by atoms with Gasteiger partial charge in [-0.1, -0.05) is 29.3 Å². The van der Waals surface area contributed by atoms with Crippen molar-refractivity contribution < 1.29 is 14.0 Å². The number of carbonyl (C=O) groups is 2. The Morgan fingerprint density at radius 2 is 1.85 bits per heavy atom. The zero-order valence-corrected chi connectivity index (χ0v) is 12.7. The van der Waals surface area contributed by atoms with Gasteiger partial charge in [0.05, 0.1) is 17.5 Å². The number of halogens is 2. The molecule has 1 saturated heterocycles. The van der Waals surface area contributed by atoms with Crippen LogP contribution in [0.15, 0.2) is 22.7 Å². The molecule has 2 unspecified atom stereocenters. The number of imide groups is 1. The summed E-state index contributed by atoms with van der Waals surface area (Å²) in [7, 11) is 0. The predicted octanol–water partition coefficient (Wildman–Crippen LogP) is 3.51. The van der Waals surface area contributed by atoms with E-state index in [0.717, 1.165) is 24.2 Å². The molecule has 2 fully saturated rings. The molecule has 0 N–H and O–H groups in total. The molecular weight excluding hydrogens is 325 g/mol. The Kier molecular flexibility index (Phi) is 3.40. The minimum Gasteiger partial charge on any atom is -0.274 e. The summed E-state index contributed by atoms with van der Waals surface area (Å²) in [5.74, 6) is -1.09. The fourth-order valence-corrected chi connectivity index (χ4v) is 3.70. The predicted molar refractivity (Wildman–Crippen MR) is 76.6 cm³/mol. The molecule has 1 aliphatic heterocycles. The lowest BCUT2D eigenvalue weighted by atomic mass is 10.00. The van der Waals surface area contributed by atoms with Crippen LogP contribution in [-0.2, 0) is 9.59 Å². The standard InChI is InChI=1S/C15H15BrFNO2/c1-2-8-5-10-11(6-8)15(20)18(14(10)19)13-4-3-9(16)7-12(13)17/h3-4,7-8,10-11H,2,5-6H2,1H3. The van der Waals surface area contributed by atoms with Gasteiger partial charge >= 0.3 is 0 Å². The Hall–Kier alpha value is -1.23. The summed E-state index contributed by atoms with van der Waals surface area (Å²) in [5.41, 5.74) is 0.0747. The number of rotatable bonds is 2. The first kappa shape index (κ1) is 13.7. The fourth-order valence-electron chi connectivity index (χ4n) is 3.36. The molecule has 1 aromatic rings. The Bertz CT molecular complexity index is 565. The average molecular weight is 340 g/mol. The third-order valence-electron chi connectivity index (χ3n) is 4.46. The normalized spacial score (nSPS) is 29.1. The SMILES string of the molecule is CCC1CC2C(=O)N(c3ccc(Br)cc3F)C(=O)C2C1. The molecule has 1 heterocycles. The van der Waals surface area contributed by atoms with Gasteiger partial charge in [0, 0.05) is 4.47 Å². The zero-order valence-electron chi connectivity index (χ0n) is 11.1. The summed E-state index contributed by atoms with van der Waals surface area (Å²) in [4.78, 5) is 25.9. The van der Waals surface area contributed by atoms with E-state index in [1.165, 1.54) is 12.1 Å². The highest BCUT2D eigenvalue weighted by molar-refractivity contribution is 9.10. The lowest BCUT2D eigenvalue weighted by Gasteiger charge is -2.18. The highest BCUT2D eigenvalue weighted by Crippen LogP contribution is 2.45. The maximum Gasteiger partial charge on any atom is 0.237 e. The van der Waals surface area contributed by atoms with Crippen LogP contribution in [0, 0.1) is 23.6 Å². The van der Waals surface area contributed by atoms with Crippen molar-refractivity contribution >= 4 is 33.4 Å². The van der Waals surface area contributed by atoms with Crippen molar-refractivity contribution in [3.8, 4) is 0 Å². The Morgan fingerprint density at radius 1 is 1.25 bits per heavy atom. The molecule has 3 rings (SSSR count). The number of hydrogen-bond donors (Lipinski definition) is 0. The molecule has 106 valence electrons. The largest absolute Gasteiger partial charge is 0.274 e. The van der Waals surface area contributed by atoms with Crippen LogP contribution in [0.4, 0.5) is 10.1 Å². The van der Waals surface area contributed by atoms with Gasteiger partial charge < -0.3 is 0 Å². The number of fused-ring (bicyclic) bond motifs is 1. The van der Waals surface area contributed by atoms with Gasteiger partial charge in [-0.3, -0.25) is 9.59 Å². The summed E-state index contributed by atoms with van der Waals surface area (Å²) in [5, 5.41) is 0. The maximum atomic E-state index is 14.0. The van der Waals surface area contributed by atoms with E-state index in [1.807, 2.05) is 0 Å². The van der Waals surface area contributed by atoms with E-state index in [0.29, 0.717) is 10.4 Å². The quantitative estimate of drug-likeness (QED) is 0.773. The van der Waals surface area contributed by atoms with E-state index >= 15 is 0 Å². The number of amides is 2. The van der Waals surface area contributed by atoms with E-state index in [9.17, 15) is 14.0 Å². The molecule has 20 heavy (non-hydrogen) atoms. The fraction of sp³-hybridized carbons (Fsp3) is 0.467. The molecule has 3 nitrogen and oxygen atoms in total. The van der Waals surface area contributed by atoms with Crippen LogP contribution in [0.25, 0.3) is 0 Å². The molecule has 2 aliphatic rings. The molecular formula is C15H15BrFNO2. The van der Waals surface area contributed by atoms with Crippen molar-refractivity contribution in [2.24, 2.45) is 17.8 Å². The van der Waals surface area contributed by atoms with E-state index in [4.69, 9.17) is 0 Å². The molecule has 1 aromatic carbocycles. The summed E-state index contributed by atoms with van der Waals surface area (Å²) < 4.78 is 14.6. The van der Waals surface area contributed by atoms with E-state index < -0.39 is 5.82 Å². The maximum absolute atomic E-state index is 14.0. The van der Waals surface area contributed by atoms with E-state index in [1.54, 1.807) is 6.07 Å². The van der Waals surface area contributed by atoms with Crippen molar-refractivity contribution in [1.29, 1.82) is 0 Å². The zero-order chi connectivity index (χ0) is 14.4. The molecule has 0 aromatic heterocycles. The molecule has 2 atom stereocenters. The first-order valence-corrected chi connectivity index (χ1v) is 7.65. The topological polar surface area (TPSA) is 37.4 Å². The van der Waals surface area contributed by atoms with Crippen molar-refractivity contribution in [2.45, 2.75) is 26.2 Å². The summed E-state index contributed by atoms with van der Waals surface area (Å²) in [6.07, 6.45) is 2.49. The summed E-state index contributed by atoms with van der Waals surface area (Å²) in [6, 6.07) is 4.40. The number of anilines is 1. The number of benzene rings is 1. The third-order valence-corrected chi connectivity index (χ3v) is 4.96. The van der Waals surface area contributed by atoms with Gasteiger partial charge in [-0.05, 0) is 37.0 Å². The Labute approximate surface area is 125 Å². The molecule has 0 bridgehead atoms. The molecule has 1 aliphatic carbocycles. The van der Waals surface area contributed by atoms with Gasteiger partial charge in [0.2, 0.25) is 11.8 Å². The number of hydrogen-bond acceptors (Lipinski definition) is 2. The van der Waals surface area contributed by atoms with E-state index in [-0.39, 0.29) is 29.3 Å². The highest BCUT2D eigenvalue weighted by Gasteiger charge is 2.53. The van der Waals surface area contributed by atoms with Crippen molar-refractivity contribution in [1.82, 2.24) is 0 Å². The minimum atomic E-state index is -0.548. The molecule has 0 radical (unpaired) electrons. The summed E-state index contributed by atoms with van der Waals surface area (Å²) >= 11 is 3.17. The molecule has 0 spiro atoms. The highest BCUT2D eigenvalue weighted by atomic mass is 79.9. The monoisotopic (exact) mass is 339 g/mol. The van der Waals surface area contributed by atoms with Gasteiger partial charge in [0.25, 0.3) is 0 Å². The van der Waals surface area contributed by atoms with Gasteiger partial charge in [0.15, 0.2) is 0 Å². The van der Waals surface area contributed by atoms with Crippen LogP contribution in [0.2, 0.25) is 0 Å². The smallest absolute Gasteiger partial charge is 0.237 e. The molecule has 1 saturated carbocycles. The second-order valence-electron chi connectivity index (χ2n) is 5.57. The minimum absolute atomic E-state index is 0.0747. The van der Waals surface area contributed by atoms with Crippen LogP contribution in [0.1, 0.15) is 26.2 Å². The van der Waals surface area contributed by atoms with Crippen LogP contribution in [0.5, 0.6) is 0 Å². The first-order chi connectivity index (χ1) is 9.52. The van der Waals surface area contributed by atoms with Gasteiger partial charge in [0.1, 0.15) is 5.82 Å². The average Bonchev–Trinajstić information content (AvgIpc) is 2.93. The number of nitrogens with zero attached hydrogens (tertiary/aromatic N) is 1. The second-order valence-corrected chi connectivity index (χ2v) is 6.48. The van der Waals surface area contributed by atoms with Gasteiger partial charge in [-0.15, -0.1) is 0 Å². The lowest BCUT2D eigenvalue weighted by Crippen LogP contribution is -2.32. The Balaban J connectivity index is 1.94. The Morgan fingerprint density at radius 3 is 2.35 bits per heavy atom. The second kappa shape index (κ2) is 4.95. The lowest BCUT2D eigenvalue weighted by molar-refractivity contribution is -0.123. The van der Waals surface area contributed by atoms with Crippen molar-refractivity contribution in [2.75, 3.05) is 4.90 Å². The van der Waals surface area contributed by atoms with Crippen LogP contribution >= 0.6 is 15.9 Å². The molecule has 5 heteroatoms. The number of carbonyl (C=O) groups excluding carboxylic acids is 2. The van der Waals surface area contributed by atoms with Crippen molar-refractivity contribution in [3.63, 3.8) is 0 Å². The third kappa shape index (κ3) is 1.99. The van der Waals surface area contributed by atoms with Crippen LogP contribution in [-0.4, -0.2) is 11.8 Å². The first-order valence-electron chi connectivity index (χ1n) is 6.85. The summed E-state index contributed by atoms with van der Waals surface area (Å²) in [6.45, 7) is 2.08. The van der Waals surface area contributed by atoms with Gasteiger partial charge in [-0.2, -0.15) is 0 Å². The van der Waals surface area contributed by atoms with Crippen LogP contribution in [0.3, 0.4) is 0 Å². The van der Waals surface area contributed by atoms with Gasteiger partial charge in [-0.25, -0.2) is 9.29 Å². The van der Waals surface area contributed by atoms with E-state index in [2.05, 4.69) is 22.9 Å². The van der Waals surface area contributed by atoms with Crippen molar-refractivity contribution in [3.05, 3.63) is 28.5 Å². The van der Waals surface area contributed by atoms with Crippen LogP contribution < -0.4 is 4.90 Å².